The fourth-order valence-electron chi connectivity index (χ4n) is 1.33. The normalized spacial score (nSPS) is 57.0. The first-order valence-corrected chi connectivity index (χ1v) is 2.74. The molecule has 0 aliphatic carbocycles. The molecule has 2 nitrogen and oxygen atoms in total. The maximum absolute atomic E-state index is 5.33. The van der Waals surface area contributed by atoms with Crippen LogP contribution in [0.4, 0.5) is 0 Å². The summed E-state index contributed by atoms with van der Waals surface area (Å²) in [6, 6.07) is 0. The molecule has 3 saturated heterocycles. The van der Waals surface area contributed by atoms with Crippen LogP contribution in [0.2, 0.25) is 0 Å². The van der Waals surface area contributed by atoms with Crippen LogP contribution in [-0.4, -0.2) is 12.0 Å². The van der Waals surface area contributed by atoms with Gasteiger partial charge in [0.05, 0.1) is 0 Å². The first-order chi connectivity index (χ1) is 3.29. The van der Waals surface area contributed by atoms with Crippen LogP contribution in [0.3, 0.4) is 0 Å². The minimum Gasteiger partial charge on any atom is -0.343 e. The maximum atomic E-state index is 5.33. The van der Waals surface area contributed by atoms with E-state index in [-0.39, 0.29) is 5.72 Å². The van der Waals surface area contributed by atoms with E-state index in [2.05, 4.69) is 12.2 Å². The van der Waals surface area contributed by atoms with Gasteiger partial charge in [0, 0.05) is 0 Å². The second-order valence-electron chi connectivity index (χ2n) is 2.52. The Kier molecular flexibility index (Phi) is 0.474. The third-order valence-electron chi connectivity index (χ3n) is 1.75. The highest BCUT2D eigenvalue weighted by molar-refractivity contribution is 4.92. The highest BCUT2D eigenvalue weighted by Crippen LogP contribution is 2.36. The largest absolute Gasteiger partial charge is 0.343 e. The number of nitrogens with one attached hydrogen (secondary N) is 1. The van der Waals surface area contributed by atoms with Gasteiger partial charge in [0.25, 0.3) is 0 Å². The van der Waals surface area contributed by atoms with Crippen molar-refractivity contribution in [3.8, 4) is 0 Å². The average molecular weight is 99.1 g/mol. The summed E-state index contributed by atoms with van der Waals surface area (Å²) < 4.78 is 5.33. The lowest BCUT2D eigenvalue weighted by Crippen LogP contribution is -2.56. The molecule has 3 aliphatic rings. The molecule has 3 aliphatic heterocycles. The molecule has 1 N–H and O–H groups in total. The molecule has 1 unspecified atom stereocenters. The predicted octanol–water partition coefficient (Wildman–Crippen LogP) is 0.442. The fraction of sp³-hybridized carbons (Fsp3) is 1.00. The molecule has 7 heavy (non-hydrogen) atoms. The standard InChI is InChI=1S/C5H9NO/c1-5-3-2-4(6-5)7-5/h4,6H,2-3H2,1H3/t4?,5-/m1/s1. The van der Waals surface area contributed by atoms with Crippen molar-refractivity contribution in [3.05, 3.63) is 0 Å². The minimum atomic E-state index is 0.0880. The Hall–Kier alpha value is -0.0800. The molecule has 0 aromatic carbocycles. The van der Waals surface area contributed by atoms with Gasteiger partial charge in [-0.05, 0) is 19.8 Å². The van der Waals surface area contributed by atoms with E-state index in [1.807, 2.05) is 0 Å². The van der Waals surface area contributed by atoms with Gasteiger partial charge in [-0.25, -0.2) is 0 Å². The molecule has 0 saturated carbocycles. The van der Waals surface area contributed by atoms with E-state index in [0.717, 1.165) is 0 Å². The number of hydrogen-bond donors (Lipinski definition) is 1. The van der Waals surface area contributed by atoms with Gasteiger partial charge in [0.1, 0.15) is 12.0 Å². The molecule has 0 amide bonds. The first kappa shape index (κ1) is 3.87. The van der Waals surface area contributed by atoms with Crippen LogP contribution >= 0.6 is 0 Å². The molecular formula is C5H9NO. The van der Waals surface area contributed by atoms with E-state index in [1.165, 1.54) is 12.8 Å². The summed E-state index contributed by atoms with van der Waals surface area (Å²) in [7, 11) is 0. The molecule has 40 valence electrons. The summed E-state index contributed by atoms with van der Waals surface area (Å²) in [6.45, 7) is 2.09. The summed E-state index contributed by atoms with van der Waals surface area (Å²) in [5.41, 5.74) is 0.0880. The van der Waals surface area contributed by atoms with Gasteiger partial charge in [-0.3, -0.25) is 5.32 Å². The molecule has 0 aromatic rings. The highest BCUT2D eigenvalue weighted by atomic mass is 16.6. The zero-order chi connectivity index (χ0) is 4.91. The van der Waals surface area contributed by atoms with Crippen molar-refractivity contribution in [3.63, 3.8) is 0 Å². The quantitative estimate of drug-likeness (QED) is 0.476. The lowest BCUT2D eigenvalue weighted by molar-refractivity contribution is -0.176. The number of hydrogen-bond acceptors (Lipinski definition) is 2. The van der Waals surface area contributed by atoms with Gasteiger partial charge in [0.2, 0.25) is 0 Å². The molecule has 0 radical (unpaired) electrons. The Morgan fingerprint density at radius 1 is 1.86 bits per heavy atom. The number of fused-ring (bicyclic) bond motifs is 1. The van der Waals surface area contributed by atoms with Crippen molar-refractivity contribution in [2.24, 2.45) is 0 Å². The fourth-order valence-corrected chi connectivity index (χ4v) is 1.33. The van der Waals surface area contributed by atoms with Crippen LogP contribution in [-0.2, 0) is 4.74 Å². The van der Waals surface area contributed by atoms with Gasteiger partial charge in [-0.2, -0.15) is 0 Å². The average Bonchev–Trinajstić information content (AvgIpc) is 1.88. The molecule has 0 spiro atoms. The molecule has 0 aromatic heterocycles. The summed E-state index contributed by atoms with van der Waals surface area (Å²) in [5.74, 6) is 0. The lowest BCUT2D eigenvalue weighted by Gasteiger charge is -2.36. The highest BCUT2D eigenvalue weighted by Gasteiger charge is 2.47. The van der Waals surface area contributed by atoms with Crippen molar-refractivity contribution in [1.29, 1.82) is 0 Å². The zero-order valence-electron chi connectivity index (χ0n) is 4.40. The molecule has 2 atom stereocenters. The minimum absolute atomic E-state index is 0.0880. The Morgan fingerprint density at radius 2 is 2.57 bits per heavy atom. The van der Waals surface area contributed by atoms with Crippen LogP contribution in [0.25, 0.3) is 0 Å². The third-order valence-corrected chi connectivity index (χ3v) is 1.75. The predicted molar refractivity (Wildman–Crippen MR) is 25.6 cm³/mol. The smallest absolute Gasteiger partial charge is 0.120 e. The SMILES string of the molecule is C[C@@]12CCC(N1)O2. The van der Waals surface area contributed by atoms with Crippen LogP contribution in [0.1, 0.15) is 19.8 Å². The van der Waals surface area contributed by atoms with Crippen LogP contribution < -0.4 is 5.32 Å². The second-order valence-corrected chi connectivity index (χ2v) is 2.52. The zero-order valence-corrected chi connectivity index (χ0v) is 4.40. The Labute approximate surface area is 42.9 Å². The summed E-state index contributed by atoms with van der Waals surface area (Å²) in [6.07, 6.45) is 2.80. The Morgan fingerprint density at radius 3 is 2.71 bits per heavy atom. The van der Waals surface area contributed by atoms with Crippen LogP contribution in [0.15, 0.2) is 0 Å². The number of rotatable bonds is 0. The van der Waals surface area contributed by atoms with Gasteiger partial charge in [0.15, 0.2) is 0 Å². The van der Waals surface area contributed by atoms with Crippen molar-refractivity contribution in [2.75, 3.05) is 0 Å². The first-order valence-electron chi connectivity index (χ1n) is 2.74. The Bertz CT molecular complexity index is 90.7. The van der Waals surface area contributed by atoms with E-state index in [9.17, 15) is 0 Å². The van der Waals surface area contributed by atoms with E-state index >= 15 is 0 Å². The second kappa shape index (κ2) is 0.858. The topological polar surface area (TPSA) is 21.3 Å². The molecule has 3 heterocycles. The van der Waals surface area contributed by atoms with E-state index in [4.69, 9.17) is 4.74 Å². The van der Waals surface area contributed by atoms with Crippen LogP contribution in [0, 0.1) is 0 Å². The monoisotopic (exact) mass is 99.1 g/mol. The van der Waals surface area contributed by atoms with E-state index in [1.54, 1.807) is 0 Å². The van der Waals surface area contributed by atoms with Gasteiger partial charge >= 0.3 is 0 Å². The van der Waals surface area contributed by atoms with Gasteiger partial charge < -0.3 is 4.74 Å². The van der Waals surface area contributed by atoms with Crippen molar-refractivity contribution in [1.82, 2.24) is 5.32 Å². The molecule has 2 bridgehead atoms. The summed E-state index contributed by atoms with van der Waals surface area (Å²) >= 11 is 0. The van der Waals surface area contributed by atoms with E-state index < -0.39 is 0 Å². The van der Waals surface area contributed by atoms with Gasteiger partial charge in [-0.15, -0.1) is 0 Å². The van der Waals surface area contributed by atoms with Crippen molar-refractivity contribution < 1.29 is 4.74 Å². The molecule has 3 fully saturated rings. The van der Waals surface area contributed by atoms with Crippen LogP contribution in [0.5, 0.6) is 0 Å². The van der Waals surface area contributed by atoms with Crippen molar-refractivity contribution >= 4 is 0 Å². The molecular weight excluding hydrogens is 90.1 g/mol. The van der Waals surface area contributed by atoms with Gasteiger partial charge in [-0.1, -0.05) is 0 Å². The lowest BCUT2D eigenvalue weighted by atomic mass is 10.2. The van der Waals surface area contributed by atoms with Crippen molar-refractivity contribution in [2.45, 2.75) is 31.7 Å². The molecule has 3 rings (SSSR count). The summed E-state index contributed by atoms with van der Waals surface area (Å²) in [4.78, 5) is 0. The van der Waals surface area contributed by atoms with E-state index in [0.29, 0.717) is 6.23 Å². The number of ether oxygens (including phenoxy) is 1. The molecule has 2 heteroatoms. The Balaban J connectivity index is 2.20. The third kappa shape index (κ3) is 0.359. The maximum Gasteiger partial charge on any atom is 0.120 e. The summed E-state index contributed by atoms with van der Waals surface area (Å²) in [5, 5.41) is 3.27.